The minimum Gasteiger partial charge on any atom is -0.483 e. The van der Waals surface area contributed by atoms with Crippen molar-refractivity contribution in [2.45, 2.75) is 25.7 Å². The van der Waals surface area contributed by atoms with E-state index in [1.165, 1.54) is 0 Å². The standard InChI is InChI=1S/C23H32N4O4/c1-24-20(28)16-27-14-10-23(11-15-27)9-5-4-7-18-6-2-3-8-19(18)31-17-21(29)25-12-13-26-22(23)30/h2-6,8H,7,9-17H2,1H3,(H,24,28)(H,25,29)(H,26,30)/b5-4+. The van der Waals surface area contributed by atoms with Crippen molar-refractivity contribution in [3.8, 4) is 5.75 Å². The fourth-order valence-electron chi connectivity index (χ4n) is 4.04. The third-order valence-corrected chi connectivity index (χ3v) is 6.02. The molecule has 168 valence electrons. The highest BCUT2D eigenvalue weighted by Gasteiger charge is 2.40. The van der Waals surface area contributed by atoms with Crippen molar-refractivity contribution >= 4 is 17.7 Å². The van der Waals surface area contributed by atoms with Gasteiger partial charge in [-0.2, -0.15) is 0 Å². The molecular weight excluding hydrogens is 396 g/mol. The van der Waals surface area contributed by atoms with Crippen LogP contribution in [-0.2, 0) is 20.8 Å². The molecule has 1 aromatic carbocycles. The van der Waals surface area contributed by atoms with Gasteiger partial charge in [-0.1, -0.05) is 30.4 Å². The van der Waals surface area contributed by atoms with Crippen LogP contribution in [0.1, 0.15) is 24.8 Å². The number of hydrogen-bond donors (Lipinski definition) is 3. The van der Waals surface area contributed by atoms with Crippen LogP contribution in [0.15, 0.2) is 36.4 Å². The van der Waals surface area contributed by atoms with E-state index in [2.05, 4.69) is 33.0 Å². The van der Waals surface area contributed by atoms with Crippen molar-refractivity contribution in [2.24, 2.45) is 5.41 Å². The van der Waals surface area contributed by atoms with E-state index in [0.29, 0.717) is 64.2 Å². The summed E-state index contributed by atoms with van der Waals surface area (Å²) in [5.74, 6) is 0.479. The molecule has 3 amide bonds. The molecule has 0 radical (unpaired) electrons. The molecule has 0 unspecified atom stereocenters. The average molecular weight is 429 g/mol. The number of nitrogens with zero attached hydrogens (tertiary/aromatic N) is 1. The molecule has 2 heterocycles. The molecule has 0 saturated carbocycles. The molecule has 8 heteroatoms. The number of carbonyl (C=O) groups excluding carboxylic acids is 3. The number of amides is 3. The molecule has 8 nitrogen and oxygen atoms in total. The zero-order chi connectivity index (χ0) is 22.1. The molecule has 0 atom stereocenters. The molecule has 0 aromatic heterocycles. The van der Waals surface area contributed by atoms with Crippen molar-refractivity contribution in [2.75, 3.05) is 46.4 Å². The first-order chi connectivity index (χ1) is 15.0. The van der Waals surface area contributed by atoms with Crippen LogP contribution in [0.2, 0.25) is 0 Å². The highest BCUT2D eigenvalue weighted by Crippen LogP contribution is 2.36. The maximum atomic E-state index is 13.1. The van der Waals surface area contributed by atoms with Crippen LogP contribution in [0, 0.1) is 5.41 Å². The van der Waals surface area contributed by atoms with Gasteiger partial charge in [-0.05, 0) is 50.4 Å². The average Bonchev–Trinajstić information content (AvgIpc) is 2.79. The Balaban J connectivity index is 1.72. The minimum atomic E-state index is -0.504. The number of allylic oxidation sites excluding steroid dienone is 2. The normalized spacial score (nSPS) is 21.5. The van der Waals surface area contributed by atoms with Crippen molar-refractivity contribution in [1.82, 2.24) is 20.9 Å². The molecule has 1 fully saturated rings. The molecule has 2 aliphatic heterocycles. The van der Waals surface area contributed by atoms with Gasteiger partial charge in [0.1, 0.15) is 5.75 Å². The first-order valence-electron chi connectivity index (χ1n) is 10.9. The van der Waals surface area contributed by atoms with Crippen LogP contribution < -0.4 is 20.7 Å². The fourth-order valence-corrected chi connectivity index (χ4v) is 4.04. The van der Waals surface area contributed by atoms with Crippen LogP contribution in [0.4, 0.5) is 0 Å². The summed E-state index contributed by atoms with van der Waals surface area (Å²) in [6.07, 6.45) is 6.82. The van der Waals surface area contributed by atoms with E-state index >= 15 is 0 Å². The van der Waals surface area contributed by atoms with E-state index in [1.54, 1.807) is 7.05 Å². The first-order valence-corrected chi connectivity index (χ1v) is 10.9. The van der Waals surface area contributed by atoms with Gasteiger partial charge in [0.15, 0.2) is 6.61 Å². The highest BCUT2D eigenvalue weighted by atomic mass is 16.5. The number of para-hydroxylation sites is 1. The number of ether oxygens (including phenoxy) is 1. The molecule has 31 heavy (non-hydrogen) atoms. The van der Waals surface area contributed by atoms with E-state index in [1.807, 2.05) is 24.3 Å². The van der Waals surface area contributed by atoms with Crippen LogP contribution in [-0.4, -0.2) is 69.0 Å². The van der Waals surface area contributed by atoms with E-state index in [4.69, 9.17) is 4.74 Å². The molecule has 1 aromatic rings. The predicted molar refractivity (Wildman–Crippen MR) is 118 cm³/mol. The lowest BCUT2D eigenvalue weighted by atomic mass is 9.74. The van der Waals surface area contributed by atoms with Crippen LogP contribution in [0.25, 0.3) is 0 Å². The Morgan fingerprint density at radius 2 is 1.87 bits per heavy atom. The number of carbonyl (C=O) groups is 3. The van der Waals surface area contributed by atoms with E-state index in [9.17, 15) is 14.4 Å². The number of likely N-dealkylation sites (tertiary alicyclic amines) is 1. The minimum absolute atomic E-state index is 0.0116. The Bertz CT molecular complexity index is 816. The second-order valence-electron chi connectivity index (χ2n) is 8.11. The predicted octanol–water partition coefficient (Wildman–Crippen LogP) is 0.628. The van der Waals surface area contributed by atoms with E-state index < -0.39 is 5.41 Å². The Kier molecular flexibility index (Phi) is 8.06. The summed E-state index contributed by atoms with van der Waals surface area (Å²) in [5.41, 5.74) is 0.496. The summed E-state index contributed by atoms with van der Waals surface area (Å²) >= 11 is 0. The van der Waals surface area contributed by atoms with Gasteiger partial charge < -0.3 is 20.7 Å². The highest BCUT2D eigenvalue weighted by molar-refractivity contribution is 5.83. The fraction of sp³-hybridized carbons (Fsp3) is 0.522. The van der Waals surface area contributed by atoms with Crippen molar-refractivity contribution in [3.63, 3.8) is 0 Å². The molecule has 0 bridgehead atoms. The third-order valence-electron chi connectivity index (χ3n) is 6.02. The van der Waals surface area contributed by atoms with Gasteiger partial charge in [-0.15, -0.1) is 0 Å². The Morgan fingerprint density at radius 1 is 1.13 bits per heavy atom. The van der Waals surface area contributed by atoms with Crippen LogP contribution >= 0.6 is 0 Å². The maximum Gasteiger partial charge on any atom is 0.258 e. The number of likely N-dealkylation sites (N-methyl/N-ethyl adjacent to an activating group) is 1. The third kappa shape index (κ3) is 6.30. The molecule has 1 spiro atoms. The summed E-state index contributed by atoms with van der Waals surface area (Å²) in [6.45, 7) is 2.41. The summed E-state index contributed by atoms with van der Waals surface area (Å²) in [5, 5.41) is 8.42. The van der Waals surface area contributed by atoms with Crippen LogP contribution in [0.3, 0.4) is 0 Å². The molecule has 2 aliphatic rings. The van der Waals surface area contributed by atoms with Crippen molar-refractivity contribution < 1.29 is 19.1 Å². The summed E-state index contributed by atoms with van der Waals surface area (Å²) in [7, 11) is 1.63. The Hall–Kier alpha value is -2.87. The number of benzene rings is 1. The SMILES string of the molecule is CNC(=O)CN1CCC2(C/C=C/Cc3ccccc3OCC(=O)NCCNC2=O)CC1. The smallest absolute Gasteiger partial charge is 0.258 e. The first kappa shape index (κ1) is 22.8. The quantitative estimate of drug-likeness (QED) is 0.600. The number of hydrogen-bond acceptors (Lipinski definition) is 5. The topological polar surface area (TPSA) is 99.8 Å². The second-order valence-corrected chi connectivity index (χ2v) is 8.11. The lowest BCUT2D eigenvalue weighted by Crippen LogP contribution is -2.51. The monoisotopic (exact) mass is 428 g/mol. The summed E-state index contributed by atoms with van der Waals surface area (Å²) in [4.78, 5) is 39.0. The van der Waals surface area contributed by atoms with Gasteiger partial charge in [0.2, 0.25) is 11.8 Å². The maximum absolute atomic E-state index is 13.1. The van der Waals surface area contributed by atoms with Crippen LogP contribution in [0.5, 0.6) is 5.75 Å². The van der Waals surface area contributed by atoms with Gasteiger partial charge in [-0.3, -0.25) is 19.3 Å². The molecule has 1 saturated heterocycles. The van der Waals surface area contributed by atoms with E-state index in [-0.39, 0.29) is 24.3 Å². The second kappa shape index (κ2) is 10.9. The van der Waals surface area contributed by atoms with Gasteiger partial charge >= 0.3 is 0 Å². The molecule has 3 N–H and O–H groups in total. The van der Waals surface area contributed by atoms with Gasteiger partial charge in [-0.25, -0.2) is 0 Å². The summed E-state index contributed by atoms with van der Waals surface area (Å²) in [6, 6.07) is 7.68. The number of fused-ring (bicyclic) bond motifs is 1. The number of rotatable bonds is 2. The summed E-state index contributed by atoms with van der Waals surface area (Å²) < 4.78 is 5.69. The lowest BCUT2D eigenvalue weighted by Gasteiger charge is -2.40. The van der Waals surface area contributed by atoms with Gasteiger partial charge in [0.25, 0.3) is 5.91 Å². The molecular formula is C23H32N4O4. The number of piperidine rings is 1. The molecule has 3 rings (SSSR count). The zero-order valence-electron chi connectivity index (χ0n) is 18.1. The van der Waals surface area contributed by atoms with Crippen molar-refractivity contribution in [3.05, 3.63) is 42.0 Å². The van der Waals surface area contributed by atoms with Gasteiger partial charge in [0.05, 0.1) is 12.0 Å². The largest absolute Gasteiger partial charge is 0.483 e. The Labute approximate surface area is 183 Å². The van der Waals surface area contributed by atoms with Gasteiger partial charge in [0, 0.05) is 20.1 Å². The lowest BCUT2D eigenvalue weighted by molar-refractivity contribution is -0.134. The number of nitrogens with one attached hydrogen (secondary N) is 3. The van der Waals surface area contributed by atoms with E-state index in [0.717, 1.165) is 5.56 Å². The zero-order valence-corrected chi connectivity index (χ0v) is 18.1. The molecule has 0 aliphatic carbocycles. The Morgan fingerprint density at radius 3 is 2.65 bits per heavy atom. The van der Waals surface area contributed by atoms with Crippen molar-refractivity contribution in [1.29, 1.82) is 0 Å².